The van der Waals surface area contributed by atoms with Crippen molar-refractivity contribution < 1.29 is 14.3 Å². The number of carbonyl (C=O) groups is 2. The highest BCUT2D eigenvalue weighted by atomic mass is 16.5. The van der Waals surface area contributed by atoms with Crippen molar-refractivity contribution >= 4 is 17.6 Å². The Balaban J connectivity index is 1.94. The van der Waals surface area contributed by atoms with E-state index in [1.54, 1.807) is 4.68 Å². The van der Waals surface area contributed by atoms with Crippen LogP contribution in [0.2, 0.25) is 0 Å². The summed E-state index contributed by atoms with van der Waals surface area (Å²) in [6, 6.07) is 9.43. The summed E-state index contributed by atoms with van der Waals surface area (Å²) >= 11 is 0. The van der Waals surface area contributed by atoms with Crippen LogP contribution >= 0.6 is 0 Å². The number of amides is 1. The molecule has 128 valence electrons. The maximum absolute atomic E-state index is 12.3. The molecular weight excluding hydrogens is 306 g/mol. The standard InChI is InChI=1S/C18H23N3O3/c1-5-15(14-9-7-6-8-10-14)18(23)24-11-16(22)19-17-12(2)20-21(4)13(17)3/h6-10,15H,5,11H2,1-4H3,(H,19,22)/t15-/m1/s1. The molecule has 1 heterocycles. The molecule has 1 atom stereocenters. The van der Waals surface area contributed by atoms with Crippen LogP contribution in [0.4, 0.5) is 5.69 Å². The molecule has 2 rings (SSSR count). The summed E-state index contributed by atoms with van der Waals surface area (Å²) in [6.45, 7) is 5.29. The van der Waals surface area contributed by atoms with Crippen LogP contribution in [0.15, 0.2) is 30.3 Å². The highest BCUT2D eigenvalue weighted by Gasteiger charge is 2.21. The highest BCUT2D eigenvalue weighted by molar-refractivity contribution is 5.94. The molecule has 0 saturated heterocycles. The number of rotatable bonds is 6. The van der Waals surface area contributed by atoms with Crippen molar-refractivity contribution in [2.45, 2.75) is 33.1 Å². The van der Waals surface area contributed by atoms with Gasteiger partial charge in [-0.15, -0.1) is 0 Å². The van der Waals surface area contributed by atoms with Crippen LogP contribution in [-0.4, -0.2) is 28.3 Å². The van der Waals surface area contributed by atoms with Gasteiger partial charge in [0.1, 0.15) is 0 Å². The topological polar surface area (TPSA) is 73.2 Å². The summed E-state index contributed by atoms with van der Waals surface area (Å²) in [6.07, 6.45) is 0.616. The van der Waals surface area contributed by atoms with Gasteiger partial charge >= 0.3 is 5.97 Å². The third-order valence-corrected chi connectivity index (χ3v) is 4.01. The van der Waals surface area contributed by atoms with E-state index in [0.29, 0.717) is 12.1 Å². The maximum atomic E-state index is 12.3. The fourth-order valence-corrected chi connectivity index (χ4v) is 2.59. The summed E-state index contributed by atoms with van der Waals surface area (Å²) in [4.78, 5) is 24.3. The molecule has 6 nitrogen and oxygen atoms in total. The lowest BCUT2D eigenvalue weighted by molar-refractivity contribution is -0.149. The van der Waals surface area contributed by atoms with E-state index in [-0.39, 0.29) is 18.4 Å². The van der Waals surface area contributed by atoms with Gasteiger partial charge in [0.15, 0.2) is 6.61 Å². The van der Waals surface area contributed by atoms with Gasteiger partial charge in [-0.2, -0.15) is 5.10 Å². The van der Waals surface area contributed by atoms with Crippen molar-refractivity contribution in [3.63, 3.8) is 0 Å². The van der Waals surface area contributed by atoms with E-state index >= 15 is 0 Å². The third kappa shape index (κ3) is 4.01. The second-order valence-electron chi connectivity index (χ2n) is 5.70. The summed E-state index contributed by atoms with van der Waals surface area (Å²) in [5.41, 5.74) is 3.13. The molecule has 1 amide bonds. The molecule has 1 aromatic carbocycles. The quantitative estimate of drug-likeness (QED) is 0.827. The van der Waals surface area contributed by atoms with Crippen LogP contribution in [0.1, 0.15) is 36.2 Å². The van der Waals surface area contributed by atoms with Gasteiger partial charge in [0, 0.05) is 7.05 Å². The fourth-order valence-electron chi connectivity index (χ4n) is 2.59. The molecule has 0 spiro atoms. The molecular formula is C18H23N3O3. The zero-order valence-electron chi connectivity index (χ0n) is 14.5. The van der Waals surface area contributed by atoms with Crippen LogP contribution in [0.5, 0.6) is 0 Å². The Morgan fingerprint density at radius 1 is 1.25 bits per heavy atom. The monoisotopic (exact) mass is 329 g/mol. The second-order valence-corrected chi connectivity index (χ2v) is 5.70. The van der Waals surface area contributed by atoms with Gasteiger partial charge in [-0.05, 0) is 25.8 Å². The molecule has 0 aliphatic heterocycles. The number of hydrogen-bond acceptors (Lipinski definition) is 4. The van der Waals surface area contributed by atoms with E-state index in [2.05, 4.69) is 10.4 Å². The first-order chi connectivity index (χ1) is 11.4. The molecule has 0 bridgehead atoms. The van der Waals surface area contributed by atoms with Crippen molar-refractivity contribution in [1.82, 2.24) is 9.78 Å². The molecule has 2 aromatic rings. The van der Waals surface area contributed by atoms with Gasteiger partial charge in [-0.25, -0.2) is 0 Å². The van der Waals surface area contributed by atoms with E-state index in [9.17, 15) is 9.59 Å². The van der Waals surface area contributed by atoms with Crippen molar-refractivity contribution in [3.05, 3.63) is 47.3 Å². The number of esters is 1. The number of nitrogens with one attached hydrogen (secondary N) is 1. The van der Waals surface area contributed by atoms with E-state index in [1.807, 2.05) is 58.2 Å². The van der Waals surface area contributed by atoms with Gasteiger partial charge in [-0.3, -0.25) is 14.3 Å². The summed E-state index contributed by atoms with van der Waals surface area (Å²) < 4.78 is 6.89. The van der Waals surface area contributed by atoms with Crippen LogP contribution in [-0.2, 0) is 21.4 Å². The van der Waals surface area contributed by atoms with Gasteiger partial charge in [0.05, 0.1) is 23.0 Å². The highest BCUT2D eigenvalue weighted by Crippen LogP contribution is 2.21. The lowest BCUT2D eigenvalue weighted by Gasteiger charge is -2.14. The molecule has 0 unspecified atom stereocenters. The Labute approximate surface area is 141 Å². The minimum Gasteiger partial charge on any atom is -0.455 e. The molecule has 1 N–H and O–H groups in total. The summed E-state index contributed by atoms with van der Waals surface area (Å²) in [7, 11) is 1.81. The van der Waals surface area contributed by atoms with Gasteiger partial charge in [-0.1, -0.05) is 37.3 Å². The molecule has 0 radical (unpaired) electrons. The number of ether oxygens (including phenoxy) is 1. The number of nitrogens with zero attached hydrogens (tertiary/aromatic N) is 2. The minimum absolute atomic E-state index is 0.310. The lowest BCUT2D eigenvalue weighted by Crippen LogP contribution is -2.24. The first-order valence-corrected chi connectivity index (χ1v) is 7.95. The number of hydrogen-bond donors (Lipinski definition) is 1. The average molecular weight is 329 g/mol. The minimum atomic E-state index is -0.390. The van der Waals surface area contributed by atoms with Gasteiger partial charge in [0.2, 0.25) is 0 Å². The number of benzene rings is 1. The van der Waals surface area contributed by atoms with E-state index in [1.165, 1.54) is 0 Å². The number of anilines is 1. The van der Waals surface area contributed by atoms with Crippen molar-refractivity contribution in [2.75, 3.05) is 11.9 Å². The molecule has 6 heteroatoms. The zero-order chi connectivity index (χ0) is 17.7. The van der Waals surface area contributed by atoms with Crippen LogP contribution in [0.25, 0.3) is 0 Å². The SMILES string of the molecule is CC[C@@H](C(=O)OCC(=O)Nc1c(C)nn(C)c1C)c1ccccc1. The smallest absolute Gasteiger partial charge is 0.313 e. The zero-order valence-corrected chi connectivity index (χ0v) is 14.5. The fraction of sp³-hybridized carbons (Fsp3) is 0.389. The third-order valence-electron chi connectivity index (χ3n) is 4.01. The molecule has 0 aliphatic carbocycles. The van der Waals surface area contributed by atoms with E-state index in [4.69, 9.17) is 4.74 Å². The predicted octanol–water partition coefficient (Wildman–Crippen LogP) is 2.71. The Bertz CT molecular complexity index is 723. The van der Waals surface area contributed by atoms with E-state index in [0.717, 1.165) is 17.0 Å². The van der Waals surface area contributed by atoms with Crippen LogP contribution in [0.3, 0.4) is 0 Å². The summed E-state index contributed by atoms with van der Waals surface area (Å²) in [5.74, 6) is -1.12. The molecule has 1 aromatic heterocycles. The molecule has 0 fully saturated rings. The number of carbonyl (C=O) groups excluding carboxylic acids is 2. The maximum Gasteiger partial charge on any atom is 0.313 e. The molecule has 0 saturated carbocycles. The van der Waals surface area contributed by atoms with Gasteiger partial charge in [0.25, 0.3) is 5.91 Å². The van der Waals surface area contributed by atoms with E-state index < -0.39 is 5.97 Å². The first-order valence-electron chi connectivity index (χ1n) is 7.95. The van der Waals surface area contributed by atoms with Gasteiger partial charge < -0.3 is 10.1 Å². The number of aromatic nitrogens is 2. The lowest BCUT2D eigenvalue weighted by atomic mass is 9.97. The largest absolute Gasteiger partial charge is 0.455 e. The van der Waals surface area contributed by atoms with Crippen LogP contribution in [0, 0.1) is 13.8 Å². The normalized spacial score (nSPS) is 11.8. The van der Waals surface area contributed by atoms with Crippen molar-refractivity contribution in [2.24, 2.45) is 7.05 Å². The Kier molecular flexibility index (Phi) is 5.73. The molecule has 0 aliphatic rings. The first kappa shape index (κ1) is 17.7. The second kappa shape index (κ2) is 7.77. The Hall–Kier alpha value is -2.63. The average Bonchev–Trinajstić information content (AvgIpc) is 2.81. The molecule has 24 heavy (non-hydrogen) atoms. The Morgan fingerprint density at radius 3 is 2.46 bits per heavy atom. The Morgan fingerprint density at radius 2 is 1.92 bits per heavy atom. The number of aryl methyl sites for hydroxylation is 2. The van der Waals surface area contributed by atoms with Crippen molar-refractivity contribution in [1.29, 1.82) is 0 Å². The summed E-state index contributed by atoms with van der Waals surface area (Å²) in [5, 5.41) is 6.99. The predicted molar refractivity (Wildman–Crippen MR) is 91.7 cm³/mol. The van der Waals surface area contributed by atoms with Crippen molar-refractivity contribution in [3.8, 4) is 0 Å². The van der Waals surface area contributed by atoms with Crippen LogP contribution < -0.4 is 5.32 Å².